The van der Waals surface area contributed by atoms with Gasteiger partial charge in [-0.25, -0.2) is 13.9 Å². The molecule has 0 amide bonds. The van der Waals surface area contributed by atoms with Gasteiger partial charge in [-0.15, -0.1) is 0 Å². The van der Waals surface area contributed by atoms with Crippen LogP contribution in [0.4, 0.5) is 4.39 Å². The Kier molecular flexibility index (Phi) is 5.18. The third-order valence-corrected chi connectivity index (χ3v) is 8.45. The monoisotopic (exact) mass is 472 g/mol. The van der Waals surface area contributed by atoms with Crippen LogP contribution in [0, 0.1) is 17.2 Å². The number of halogens is 1. The molecule has 2 fully saturated rings. The Bertz CT molecular complexity index is 1320. The number of benzene rings is 2. The van der Waals surface area contributed by atoms with Gasteiger partial charge in [-0.2, -0.15) is 5.10 Å². The summed E-state index contributed by atoms with van der Waals surface area (Å²) in [4.78, 5) is 12.3. The van der Waals surface area contributed by atoms with Crippen LogP contribution in [0.15, 0.2) is 60.3 Å². The highest BCUT2D eigenvalue weighted by Crippen LogP contribution is 2.66. The van der Waals surface area contributed by atoms with Crippen LogP contribution in [-0.2, 0) is 17.6 Å². The van der Waals surface area contributed by atoms with Gasteiger partial charge in [0, 0.05) is 5.41 Å². The molecule has 0 spiro atoms. The number of carbonyl (C=O) groups excluding carboxylic acids is 1. The van der Waals surface area contributed by atoms with Crippen LogP contribution in [0.5, 0.6) is 0 Å². The topological polar surface area (TPSA) is 64.3 Å². The van der Waals surface area contributed by atoms with E-state index in [0.717, 1.165) is 48.2 Å². The number of nitrogens with zero attached hydrogens (tertiary/aromatic N) is 2. The van der Waals surface area contributed by atoms with Gasteiger partial charge in [0.05, 0.1) is 35.9 Å². The maximum absolute atomic E-state index is 13.5. The Hall–Kier alpha value is -3.25. The number of carbonyl (C=O) groups is 1. The number of hydrogen-bond acceptors (Lipinski definition) is 4. The van der Waals surface area contributed by atoms with E-state index >= 15 is 0 Å². The molecule has 1 aromatic heterocycles. The van der Waals surface area contributed by atoms with E-state index in [0.29, 0.717) is 30.7 Å². The minimum absolute atomic E-state index is 0.268. The Morgan fingerprint density at radius 3 is 2.71 bits per heavy atom. The Morgan fingerprint density at radius 1 is 1.20 bits per heavy atom. The van der Waals surface area contributed by atoms with E-state index in [1.54, 1.807) is 18.2 Å². The molecule has 0 saturated heterocycles. The minimum atomic E-state index is -0.848. The highest BCUT2D eigenvalue weighted by atomic mass is 19.1. The highest BCUT2D eigenvalue weighted by Gasteiger charge is 2.63. The summed E-state index contributed by atoms with van der Waals surface area (Å²) >= 11 is 0. The maximum atomic E-state index is 13.5. The molecule has 0 unspecified atom stereocenters. The van der Waals surface area contributed by atoms with E-state index in [1.807, 2.05) is 29.1 Å². The summed E-state index contributed by atoms with van der Waals surface area (Å²) < 4.78 is 20.3. The van der Waals surface area contributed by atoms with Crippen LogP contribution in [0.25, 0.3) is 11.8 Å². The van der Waals surface area contributed by atoms with Crippen molar-refractivity contribution in [2.75, 3.05) is 7.11 Å². The molecule has 35 heavy (non-hydrogen) atoms. The van der Waals surface area contributed by atoms with Gasteiger partial charge in [0.2, 0.25) is 0 Å². The molecule has 3 aliphatic carbocycles. The molecule has 5 nitrogen and oxygen atoms in total. The third-order valence-electron chi connectivity index (χ3n) is 8.45. The molecule has 3 aromatic rings. The van der Waals surface area contributed by atoms with E-state index in [1.165, 1.54) is 24.8 Å². The second-order valence-corrected chi connectivity index (χ2v) is 10.2. The summed E-state index contributed by atoms with van der Waals surface area (Å²) in [7, 11) is 1.40. The summed E-state index contributed by atoms with van der Waals surface area (Å²) in [5, 5.41) is 16.9. The Labute approximate surface area is 204 Å². The zero-order valence-electron chi connectivity index (χ0n) is 19.8. The largest absolute Gasteiger partial charge is 0.465 e. The lowest BCUT2D eigenvalue weighted by Gasteiger charge is -2.46. The maximum Gasteiger partial charge on any atom is 0.338 e. The standard InChI is InChI=1S/C29H29FN2O3/c1-35-27(33)25-5-3-2-4-19(25)12-14-28(34)15-13-22-16-26-20(17-29(22,28)21-6-7-21)18-31-32(26)24-10-8-23(30)9-11-24/h2-5,8-11,16,18,21,34H,6-7,12-15,17H2,1H3/t28-,29+/m0/s1. The molecule has 0 bridgehead atoms. The van der Waals surface area contributed by atoms with Crippen LogP contribution in [0.1, 0.15) is 59.3 Å². The van der Waals surface area contributed by atoms with E-state index in [-0.39, 0.29) is 17.2 Å². The third kappa shape index (κ3) is 3.46. The van der Waals surface area contributed by atoms with Gasteiger partial charge in [-0.3, -0.25) is 0 Å². The summed E-state index contributed by atoms with van der Waals surface area (Å²) in [6, 6.07) is 13.9. The number of aliphatic hydroxyl groups is 1. The zero-order valence-corrected chi connectivity index (χ0v) is 19.8. The van der Waals surface area contributed by atoms with Gasteiger partial charge in [-0.1, -0.05) is 23.8 Å². The molecule has 0 aliphatic heterocycles. The van der Waals surface area contributed by atoms with Crippen molar-refractivity contribution >= 4 is 12.0 Å². The van der Waals surface area contributed by atoms with Crippen molar-refractivity contribution < 1.29 is 19.0 Å². The lowest BCUT2D eigenvalue weighted by molar-refractivity contribution is -0.0661. The molecule has 2 aromatic carbocycles. The molecule has 2 atom stereocenters. The van der Waals surface area contributed by atoms with Crippen LogP contribution in [-0.4, -0.2) is 33.6 Å². The average molecular weight is 473 g/mol. The van der Waals surface area contributed by atoms with Crippen molar-refractivity contribution in [3.05, 3.63) is 88.5 Å². The molecule has 6 rings (SSSR count). The fourth-order valence-electron chi connectivity index (χ4n) is 6.60. The van der Waals surface area contributed by atoms with Crippen LogP contribution in [0.2, 0.25) is 0 Å². The molecule has 1 N–H and O–H groups in total. The second-order valence-electron chi connectivity index (χ2n) is 10.2. The van der Waals surface area contributed by atoms with Crippen molar-refractivity contribution in [3.8, 4) is 5.69 Å². The molecule has 3 aliphatic rings. The SMILES string of the molecule is COC(=O)c1ccccc1CC[C@]1(O)CCC2=Cc3c(cnn3-c3ccc(F)cc3)C[C@@]21C1CC1. The minimum Gasteiger partial charge on any atom is -0.465 e. The predicted octanol–water partition coefficient (Wildman–Crippen LogP) is 5.29. The van der Waals surface area contributed by atoms with Gasteiger partial charge in [0.1, 0.15) is 5.82 Å². The normalized spacial score (nSPS) is 25.1. The fraction of sp³-hybridized carbons (Fsp3) is 0.379. The Balaban J connectivity index is 1.34. The van der Waals surface area contributed by atoms with E-state index in [4.69, 9.17) is 4.74 Å². The number of methoxy groups -OCH3 is 1. The lowest BCUT2D eigenvalue weighted by Crippen LogP contribution is -2.49. The molecule has 2 saturated carbocycles. The average Bonchev–Trinajstić information content (AvgIpc) is 3.60. The van der Waals surface area contributed by atoms with Gasteiger partial charge < -0.3 is 9.84 Å². The number of aryl methyl sites for hydroxylation is 1. The number of rotatable bonds is 6. The van der Waals surface area contributed by atoms with Crippen molar-refractivity contribution in [1.29, 1.82) is 0 Å². The van der Waals surface area contributed by atoms with Crippen LogP contribution < -0.4 is 0 Å². The Morgan fingerprint density at radius 2 is 1.97 bits per heavy atom. The number of fused-ring (bicyclic) bond motifs is 2. The van der Waals surface area contributed by atoms with Gasteiger partial charge in [-0.05, 0) is 98.4 Å². The molecular formula is C29H29FN2O3. The summed E-state index contributed by atoms with van der Waals surface area (Å²) in [5.41, 5.74) is 4.63. The molecule has 6 heteroatoms. The first-order valence-electron chi connectivity index (χ1n) is 12.4. The highest BCUT2D eigenvalue weighted by molar-refractivity contribution is 5.91. The summed E-state index contributed by atoms with van der Waals surface area (Å²) in [6.07, 6.45) is 9.91. The number of hydrogen-bond donors (Lipinski definition) is 1. The molecule has 180 valence electrons. The lowest BCUT2D eigenvalue weighted by atomic mass is 9.61. The van der Waals surface area contributed by atoms with Crippen molar-refractivity contribution in [3.63, 3.8) is 0 Å². The number of aromatic nitrogens is 2. The zero-order chi connectivity index (χ0) is 24.2. The van der Waals surface area contributed by atoms with E-state index in [9.17, 15) is 14.3 Å². The molecular weight excluding hydrogens is 443 g/mol. The van der Waals surface area contributed by atoms with Crippen LogP contribution in [0.3, 0.4) is 0 Å². The van der Waals surface area contributed by atoms with Gasteiger partial charge in [0.15, 0.2) is 0 Å². The molecule has 0 radical (unpaired) electrons. The summed E-state index contributed by atoms with van der Waals surface area (Å²) in [6.45, 7) is 0. The van der Waals surface area contributed by atoms with Gasteiger partial charge >= 0.3 is 5.97 Å². The second kappa shape index (κ2) is 8.16. The van der Waals surface area contributed by atoms with Gasteiger partial charge in [0.25, 0.3) is 0 Å². The van der Waals surface area contributed by atoms with Crippen molar-refractivity contribution in [1.82, 2.24) is 9.78 Å². The van der Waals surface area contributed by atoms with Crippen molar-refractivity contribution in [2.45, 2.75) is 50.5 Å². The van der Waals surface area contributed by atoms with E-state index in [2.05, 4.69) is 11.2 Å². The first-order chi connectivity index (χ1) is 16.9. The molecule has 1 heterocycles. The fourth-order valence-corrected chi connectivity index (χ4v) is 6.60. The quantitative estimate of drug-likeness (QED) is 0.495. The predicted molar refractivity (Wildman–Crippen MR) is 131 cm³/mol. The van der Waals surface area contributed by atoms with Crippen molar-refractivity contribution in [2.24, 2.45) is 11.3 Å². The first kappa shape index (κ1) is 22.2. The first-order valence-corrected chi connectivity index (χ1v) is 12.4. The number of ether oxygens (including phenoxy) is 1. The number of esters is 1. The van der Waals surface area contributed by atoms with E-state index < -0.39 is 5.60 Å². The van der Waals surface area contributed by atoms with Crippen LogP contribution >= 0.6 is 0 Å². The summed E-state index contributed by atoms with van der Waals surface area (Å²) in [5.74, 6) is -0.151. The smallest absolute Gasteiger partial charge is 0.338 e.